The zero-order valence-corrected chi connectivity index (χ0v) is 22.7. The molecule has 0 saturated heterocycles. The van der Waals surface area contributed by atoms with E-state index in [1.807, 2.05) is 43.6 Å². The highest BCUT2D eigenvalue weighted by Gasteiger charge is 2.27. The van der Waals surface area contributed by atoms with E-state index in [4.69, 9.17) is 4.74 Å². The van der Waals surface area contributed by atoms with Crippen LogP contribution >= 0.6 is 0 Å². The molecular formula is C29H31N7O4. The Balaban J connectivity index is 1.45. The van der Waals surface area contributed by atoms with E-state index in [9.17, 15) is 14.4 Å². The molecule has 2 aromatic carbocycles. The van der Waals surface area contributed by atoms with Crippen molar-refractivity contribution >= 4 is 40.7 Å². The molecule has 3 amide bonds. The van der Waals surface area contributed by atoms with Gasteiger partial charge in [0.05, 0.1) is 23.7 Å². The molecule has 0 spiro atoms. The van der Waals surface area contributed by atoms with Crippen molar-refractivity contribution in [3.8, 4) is 11.3 Å². The fourth-order valence-electron chi connectivity index (χ4n) is 4.64. The van der Waals surface area contributed by atoms with Crippen molar-refractivity contribution in [2.24, 2.45) is 12.1 Å². The molecular weight excluding hydrogens is 510 g/mol. The summed E-state index contributed by atoms with van der Waals surface area (Å²) in [7, 11) is 1.82. The maximum absolute atomic E-state index is 13.5. The van der Waals surface area contributed by atoms with Crippen molar-refractivity contribution in [2.75, 3.05) is 5.32 Å². The number of aromatic nitrogens is 3. The lowest BCUT2D eigenvalue weighted by atomic mass is 10.0. The minimum Gasteiger partial charge on any atom is -0.444 e. The Morgan fingerprint density at radius 1 is 1.15 bits per heavy atom. The zero-order chi connectivity index (χ0) is 28.4. The van der Waals surface area contributed by atoms with Gasteiger partial charge < -0.3 is 20.4 Å². The predicted molar refractivity (Wildman–Crippen MR) is 152 cm³/mol. The number of hydrogen-bond donors (Lipinski definition) is 4. The number of aryl methyl sites for hydroxylation is 2. The zero-order valence-electron chi connectivity index (χ0n) is 22.7. The maximum atomic E-state index is 13.5. The van der Waals surface area contributed by atoms with Gasteiger partial charge in [0.2, 0.25) is 5.91 Å². The van der Waals surface area contributed by atoms with Gasteiger partial charge in [-0.05, 0) is 51.3 Å². The van der Waals surface area contributed by atoms with Gasteiger partial charge in [0.15, 0.2) is 0 Å². The smallest absolute Gasteiger partial charge is 0.408 e. The number of amides is 3. The standard InChI is InChI=1S/C29H31N7O4/c1-29(2,3)40-28(39)34-22(11-10-17-8-6-5-7-9-17)27(38)32-19-12-20-24-21(15-30-35-26(20)37)25(33-23(24)13-19)18-14-31-36(4)16-18/h5-9,12-16,22,33H,10-11H2,1-4H3,(H,32,38)(H,34,39)(H,35,37)/t22-/m1/s1. The molecule has 1 aliphatic rings. The average molecular weight is 542 g/mol. The van der Waals surface area contributed by atoms with Crippen LogP contribution in [0.1, 0.15) is 48.7 Å². The van der Waals surface area contributed by atoms with Gasteiger partial charge in [-0.15, -0.1) is 0 Å². The third kappa shape index (κ3) is 5.88. The molecule has 1 atom stereocenters. The van der Waals surface area contributed by atoms with Gasteiger partial charge in [-0.25, -0.2) is 10.2 Å². The van der Waals surface area contributed by atoms with E-state index in [0.29, 0.717) is 35.0 Å². The molecule has 3 heterocycles. The van der Waals surface area contributed by atoms with Crippen LogP contribution in [-0.4, -0.2) is 50.5 Å². The Morgan fingerprint density at radius 2 is 1.93 bits per heavy atom. The number of nitrogens with zero attached hydrogens (tertiary/aromatic N) is 3. The molecule has 0 aliphatic carbocycles. The molecule has 4 aromatic rings. The molecule has 0 bridgehead atoms. The highest BCUT2D eigenvalue weighted by atomic mass is 16.6. The molecule has 0 fully saturated rings. The van der Waals surface area contributed by atoms with Crippen LogP contribution in [0.4, 0.5) is 10.5 Å². The number of hydrogen-bond acceptors (Lipinski definition) is 6. The average Bonchev–Trinajstić information content (AvgIpc) is 3.44. The maximum Gasteiger partial charge on any atom is 0.408 e. The van der Waals surface area contributed by atoms with Crippen LogP contribution in [0.5, 0.6) is 0 Å². The van der Waals surface area contributed by atoms with E-state index in [-0.39, 0.29) is 0 Å². The Labute approximate surface area is 231 Å². The summed E-state index contributed by atoms with van der Waals surface area (Å²) in [6.07, 6.45) is 5.39. The summed E-state index contributed by atoms with van der Waals surface area (Å²) >= 11 is 0. The summed E-state index contributed by atoms with van der Waals surface area (Å²) in [6, 6.07) is 12.2. The van der Waals surface area contributed by atoms with Gasteiger partial charge in [-0.3, -0.25) is 14.3 Å². The highest BCUT2D eigenvalue weighted by molar-refractivity contribution is 6.18. The first-order valence-corrected chi connectivity index (χ1v) is 12.9. The molecule has 0 radical (unpaired) electrons. The summed E-state index contributed by atoms with van der Waals surface area (Å²) in [4.78, 5) is 42.4. The van der Waals surface area contributed by atoms with Crippen LogP contribution in [0, 0.1) is 0 Å². The van der Waals surface area contributed by atoms with Crippen molar-refractivity contribution in [2.45, 2.75) is 45.3 Å². The summed E-state index contributed by atoms with van der Waals surface area (Å²) in [6.45, 7) is 5.27. The molecule has 0 unspecified atom stereocenters. The van der Waals surface area contributed by atoms with E-state index in [1.165, 1.54) is 0 Å². The van der Waals surface area contributed by atoms with Crippen LogP contribution in [-0.2, 0) is 23.0 Å². The monoisotopic (exact) mass is 541 g/mol. The first kappa shape index (κ1) is 26.7. The summed E-state index contributed by atoms with van der Waals surface area (Å²) in [5.74, 6) is -0.835. The van der Waals surface area contributed by atoms with Crippen molar-refractivity contribution in [1.82, 2.24) is 25.5 Å². The van der Waals surface area contributed by atoms with Crippen LogP contribution in [0.15, 0.2) is 60.0 Å². The fraction of sp³-hybridized carbons (Fsp3) is 0.276. The predicted octanol–water partition coefficient (Wildman–Crippen LogP) is 4.11. The topological polar surface area (TPSA) is 142 Å². The molecule has 5 rings (SSSR count). The van der Waals surface area contributed by atoms with E-state index < -0.39 is 29.6 Å². The molecule has 11 heteroatoms. The quantitative estimate of drug-likeness (QED) is 0.279. The molecule has 2 aromatic heterocycles. The van der Waals surface area contributed by atoms with Gasteiger partial charge >= 0.3 is 6.09 Å². The molecule has 11 nitrogen and oxygen atoms in total. The highest BCUT2D eigenvalue weighted by Crippen LogP contribution is 2.34. The first-order chi connectivity index (χ1) is 19.1. The van der Waals surface area contributed by atoms with Crippen molar-refractivity contribution < 1.29 is 19.1 Å². The fourth-order valence-corrected chi connectivity index (χ4v) is 4.64. The first-order valence-electron chi connectivity index (χ1n) is 12.9. The lowest BCUT2D eigenvalue weighted by Gasteiger charge is -2.23. The third-order valence-corrected chi connectivity index (χ3v) is 6.37. The summed E-state index contributed by atoms with van der Waals surface area (Å²) in [5, 5.41) is 14.6. The lowest BCUT2D eigenvalue weighted by molar-refractivity contribution is -0.118. The molecule has 0 saturated carbocycles. The van der Waals surface area contributed by atoms with Crippen LogP contribution in [0.2, 0.25) is 0 Å². The number of nitrogens with one attached hydrogen (secondary N) is 4. The van der Waals surface area contributed by atoms with Crippen LogP contribution in [0.3, 0.4) is 0 Å². The van der Waals surface area contributed by atoms with Crippen molar-refractivity contribution in [3.63, 3.8) is 0 Å². The van der Waals surface area contributed by atoms with Crippen molar-refractivity contribution in [1.29, 1.82) is 0 Å². The second kappa shape index (κ2) is 10.7. The van der Waals surface area contributed by atoms with Crippen molar-refractivity contribution in [3.05, 3.63) is 71.5 Å². The van der Waals surface area contributed by atoms with E-state index in [1.54, 1.807) is 50.0 Å². The Bertz CT molecular complexity index is 1610. The molecule has 1 aliphatic heterocycles. The third-order valence-electron chi connectivity index (χ3n) is 6.37. The van der Waals surface area contributed by atoms with Crippen LogP contribution < -0.4 is 16.1 Å². The normalized spacial score (nSPS) is 13.4. The molecule has 4 N–H and O–H groups in total. The summed E-state index contributed by atoms with van der Waals surface area (Å²) in [5.41, 5.74) is 6.54. The van der Waals surface area contributed by atoms with Gasteiger partial charge in [0.1, 0.15) is 11.6 Å². The number of ether oxygens (including phenoxy) is 1. The Hall–Kier alpha value is -4.93. The number of hydrazone groups is 1. The largest absolute Gasteiger partial charge is 0.444 e. The number of H-pyrrole nitrogens is 1. The molecule has 206 valence electrons. The number of rotatable bonds is 7. The number of anilines is 1. The van der Waals surface area contributed by atoms with E-state index in [2.05, 4.69) is 31.2 Å². The number of carbonyl (C=O) groups is 3. The second-order valence-electron chi connectivity index (χ2n) is 10.7. The van der Waals surface area contributed by atoms with Gasteiger partial charge in [0, 0.05) is 41.0 Å². The van der Waals surface area contributed by atoms with E-state index in [0.717, 1.165) is 22.4 Å². The van der Waals surface area contributed by atoms with E-state index >= 15 is 0 Å². The Morgan fingerprint density at radius 3 is 2.62 bits per heavy atom. The minimum absolute atomic E-state index is 0.344. The number of aromatic amines is 1. The summed E-state index contributed by atoms with van der Waals surface area (Å²) < 4.78 is 7.09. The SMILES string of the molecule is Cn1cc(-c2[nH]c3cc(NC(=O)[C@@H](CCc4ccccc4)NC(=O)OC(C)(C)C)cc4c3c2C=NNC4=O)cn1. The van der Waals surface area contributed by atoms with Gasteiger partial charge in [0.25, 0.3) is 5.91 Å². The Kier molecular flexibility index (Phi) is 7.12. The minimum atomic E-state index is -0.882. The lowest BCUT2D eigenvalue weighted by Crippen LogP contribution is -2.46. The number of alkyl carbamates (subject to hydrolysis) is 1. The molecule has 40 heavy (non-hydrogen) atoms. The van der Waals surface area contributed by atoms with Gasteiger partial charge in [-0.1, -0.05) is 30.3 Å². The second-order valence-corrected chi connectivity index (χ2v) is 10.7. The van der Waals surface area contributed by atoms with Crippen LogP contribution in [0.25, 0.3) is 22.2 Å². The number of benzene rings is 2. The number of carbonyl (C=O) groups excluding carboxylic acids is 3. The van der Waals surface area contributed by atoms with Gasteiger partial charge in [-0.2, -0.15) is 10.2 Å².